The maximum atomic E-state index is 12.8. The average Bonchev–Trinajstić information content (AvgIpc) is 3.18. The highest BCUT2D eigenvalue weighted by Crippen LogP contribution is 2.22. The first kappa shape index (κ1) is 23.1. The molecule has 2 amide bonds. The van der Waals surface area contributed by atoms with Crippen molar-refractivity contribution in [2.45, 2.75) is 39.3 Å². The zero-order valence-corrected chi connectivity index (χ0v) is 19.7. The number of aryl methyl sites for hydroxylation is 1. The number of piperidine rings is 1. The van der Waals surface area contributed by atoms with E-state index in [0.29, 0.717) is 18.0 Å². The molecule has 2 heterocycles. The Morgan fingerprint density at radius 2 is 1.88 bits per heavy atom. The van der Waals surface area contributed by atoms with E-state index < -0.39 is 0 Å². The van der Waals surface area contributed by atoms with E-state index in [9.17, 15) is 9.59 Å². The first-order chi connectivity index (χ1) is 16.0. The molecule has 0 radical (unpaired) electrons. The number of hydrogen-bond donors (Lipinski definition) is 2. The molecule has 4 rings (SSSR count). The van der Waals surface area contributed by atoms with E-state index in [1.807, 2.05) is 37.3 Å². The third-order valence-corrected chi connectivity index (χ3v) is 7.16. The number of carbonyl (C=O) groups is 2. The number of aromatic nitrogens is 1. The van der Waals surface area contributed by atoms with Crippen LogP contribution in [0, 0.1) is 12.8 Å². The molecule has 1 aliphatic rings. The molecule has 3 N–H and O–H groups in total. The lowest BCUT2D eigenvalue weighted by Gasteiger charge is -2.31. The molecule has 0 spiro atoms. The summed E-state index contributed by atoms with van der Waals surface area (Å²) >= 11 is 1.46. The minimum atomic E-state index is -0.207. The quantitative estimate of drug-likeness (QED) is 0.535. The summed E-state index contributed by atoms with van der Waals surface area (Å²) in [6.07, 6.45) is 2.60. The van der Waals surface area contributed by atoms with Crippen LogP contribution in [0.5, 0.6) is 0 Å². The van der Waals surface area contributed by atoms with Crippen LogP contribution in [0.2, 0.25) is 0 Å². The second-order valence-corrected chi connectivity index (χ2v) is 9.75. The van der Waals surface area contributed by atoms with Crippen molar-refractivity contribution >= 4 is 23.2 Å². The molecule has 1 aromatic heterocycles. The normalized spacial score (nSPS) is 16.5. The maximum absolute atomic E-state index is 12.8. The number of thiazole rings is 1. The lowest BCUT2D eigenvalue weighted by molar-refractivity contribution is -0.123. The number of hydrogen-bond acceptors (Lipinski definition) is 5. The Labute approximate surface area is 198 Å². The summed E-state index contributed by atoms with van der Waals surface area (Å²) < 4.78 is 0. The molecule has 0 saturated carbocycles. The van der Waals surface area contributed by atoms with Gasteiger partial charge in [-0.25, -0.2) is 4.98 Å². The smallest absolute Gasteiger partial charge is 0.263 e. The van der Waals surface area contributed by atoms with Crippen molar-refractivity contribution < 1.29 is 9.59 Å². The molecule has 1 saturated heterocycles. The molecule has 0 aliphatic carbocycles. The third kappa shape index (κ3) is 6.27. The lowest BCUT2D eigenvalue weighted by atomic mass is 9.97. The molecule has 1 fully saturated rings. The fraction of sp³-hybridized carbons (Fsp3) is 0.346. The van der Waals surface area contributed by atoms with Gasteiger partial charge in [0.2, 0.25) is 5.91 Å². The van der Waals surface area contributed by atoms with E-state index in [1.165, 1.54) is 22.5 Å². The summed E-state index contributed by atoms with van der Waals surface area (Å²) in [4.78, 5) is 31.9. The van der Waals surface area contributed by atoms with Crippen molar-refractivity contribution in [1.82, 2.24) is 15.2 Å². The van der Waals surface area contributed by atoms with Crippen molar-refractivity contribution in [3.8, 4) is 0 Å². The summed E-state index contributed by atoms with van der Waals surface area (Å²) in [7, 11) is 0. The van der Waals surface area contributed by atoms with Crippen molar-refractivity contribution in [2.24, 2.45) is 11.7 Å². The molecular formula is C26H30N4O2S. The van der Waals surface area contributed by atoms with Crippen molar-refractivity contribution in [3.05, 3.63) is 86.9 Å². The van der Waals surface area contributed by atoms with Gasteiger partial charge in [0, 0.05) is 26.1 Å². The van der Waals surface area contributed by atoms with Crippen molar-refractivity contribution in [1.29, 1.82) is 0 Å². The monoisotopic (exact) mass is 462 g/mol. The van der Waals surface area contributed by atoms with E-state index in [1.54, 1.807) is 0 Å². The van der Waals surface area contributed by atoms with Crippen LogP contribution in [0.4, 0.5) is 0 Å². The maximum Gasteiger partial charge on any atom is 0.263 e. The van der Waals surface area contributed by atoms with Crippen LogP contribution >= 0.6 is 11.3 Å². The summed E-state index contributed by atoms with van der Waals surface area (Å²) in [5, 5.41) is 3.99. The second-order valence-electron chi connectivity index (χ2n) is 8.66. The van der Waals surface area contributed by atoms with Crippen LogP contribution < -0.4 is 11.1 Å². The fourth-order valence-electron chi connectivity index (χ4n) is 4.30. The van der Waals surface area contributed by atoms with Gasteiger partial charge in [-0.2, -0.15) is 0 Å². The Hall–Kier alpha value is -3.03. The molecule has 172 valence electrons. The Balaban J connectivity index is 1.34. The number of primary amides is 1. The van der Waals surface area contributed by atoms with Gasteiger partial charge in [0.15, 0.2) is 0 Å². The van der Waals surface area contributed by atoms with Crippen LogP contribution in [0.15, 0.2) is 54.6 Å². The van der Waals surface area contributed by atoms with Gasteiger partial charge in [0.25, 0.3) is 5.91 Å². The Kier molecular flexibility index (Phi) is 7.52. The van der Waals surface area contributed by atoms with Crippen molar-refractivity contribution in [2.75, 3.05) is 13.1 Å². The standard InChI is InChI=1S/C26H30N4O2S/c1-18-24(33-23(29-18)14-19-7-3-2-4-8-19)26(32)28-15-20-9-5-10-21(13-20)16-30-12-6-11-22(17-30)25(27)31/h2-5,7-10,13,22H,6,11-12,14-17H2,1H3,(H2,27,31)(H,28,32). The Bertz CT molecular complexity index is 1110. The number of carbonyl (C=O) groups excluding carboxylic acids is 2. The highest BCUT2D eigenvalue weighted by molar-refractivity contribution is 7.13. The summed E-state index contributed by atoms with van der Waals surface area (Å²) in [5.41, 5.74) is 9.68. The second kappa shape index (κ2) is 10.7. The van der Waals surface area contributed by atoms with Gasteiger partial charge in [-0.3, -0.25) is 14.5 Å². The molecule has 1 unspecified atom stereocenters. The van der Waals surface area contributed by atoms with E-state index in [2.05, 4.69) is 39.5 Å². The molecule has 33 heavy (non-hydrogen) atoms. The molecular weight excluding hydrogens is 432 g/mol. The van der Waals surface area contributed by atoms with E-state index in [-0.39, 0.29) is 17.7 Å². The van der Waals surface area contributed by atoms with Crippen LogP contribution in [0.25, 0.3) is 0 Å². The van der Waals surface area contributed by atoms with Gasteiger partial charge in [-0.1, -0.05) is 54.6 Å². The number of amides is 2. The molecule has 6 nitrogen and oxygen atoms in total. The van der Waals surface area contributed by atoms with Crippen LogP contribution in [-0.2, 0) is 24.3 Å². The fourth-order valence-corrected chi connectivity index (χ4v) is 5.31. The van der Waals surface area contributed by atoms with E-state index in [4.69, 9.17) is 5.73 Å². The van der Waals surface area contributed by atoms with Crippen molar-refractivity contribution in [3.63, 3.8) is 0 Å². The molecule has 7 heteroatoms. The van der Waals surface area contributed by atoms with Gasteiger partial charge in [-0.15, -0.1) is 11.3 Å². The highest BCUT2D eigenvalue weighted by atomic mass is 32.1. The van der Waals surface area contributed by atoms with Crippen LogP contribution in [0.1, 0.15) is 49.9 Å². The number of likely N-dealkylation sites (tertiary alicyclic amines) is 1. The SMILES string of the molecule is Cc1nc(Cc2ccccc2)sc1C(=O)NCc1cccc(CN2CCCC(C(N)=O)C2)c1. The predicted molar refractivity (Wildman–Crippen MR) is 131 cm³/mol. The molecule has 3 aromatic rings. The van der Waals surface area contributed by atoms with Gasteiger partial charge >= 0.3 is 0 Å². The minimum absolute atomic E-state index is 0.0596. The molecule has 2 aromatic carbocycles. The lowest BCUT2D eigenvalue weighted by Crippen LogP contribution is -2.40. The third-order valence-electron chi connectivity index (χ3n) is 6.00. The van der Waals surface area contributed by atoms with Gasteiger partial charge in [0.1, 0.15) is 4.88 Å². The predicted octanol–water partition coefficient (Wildman–Crippen LogP) is 3.67. The first-order valence-corrected chi connectivity index (χ1v) is 12.2. The van der Waals surface area contributed by atoms with E-state index >= 15 is 0 Å². The topological polar surface area (TPSA) is 88.3 Å². The summed E-state index contributed by atoms with van der Waals surface area (Å²) in [6.45, 7) is 4.82. The number of nitrogens with one attached hydrogen (secondary N) is 1. The average molecular weight is 463 g/mol. The number of nitrogens with two attached hydrogens (primary N) is 1. The van der Waals surface area contributed by atoms with E-state index in [0.717, 1.165) is 48.6 Å². The van der Waals surface area contributed by atoms with Gasteiger partial charge in [-0.05, 0) is 43.0 Å². The molecule has 0 bridgehead atoms. The largest absolute Gasteiger partial charge is 0.369 e. The number of rotatable bonds is 8. The molecule has 1 aliphatic heterocycles. The Morgan fingerprint density at radius 3 is 2.67 bits per heavy atom. The zero-order chi connectivity index (χ0) is 23.2. The number of benzene rings is 2. The Morgan fingerprint density at radius 1 is 1.12 bits per heavy atom. The summed E-state index contributed by atoms with van der Waals surface area (Å²) in [6, 6.07) is 18.4. The first-order valence-electron chi connectivity index (χ1n) is 11.4. The number of nitrogens with zero attached hydrogens (tertiary/aromatic N) is 2. The highest BCUT2D eigenvalue weighted by Gasteiger charge is 2.24. The minimum Gasteiger partial charge on any atom is -0.369 e. The zero-order valence-electron chi connectivity index (χ0n) is 18.9. The van der Waals surface area contributed by atoms with Crippen LogP contribution in [0.3, 0.4) is 0 Å². The summed E-state index contributed by atoms with van der Waals surface area (Å²) in [5.74, 6) is -0.354. The van der Waals surface area contributed by atoms with Gasteiger partial charge in [0.05, 0.1) is 16.6 Å². The molecule has 1 atom stereocenters. The van der Waals surface area contributed by atoms with Crippen LogP contribution in [-0.4, -0.2) is 34.8 Å². The van der Waals surface area contributed by atoms with Gasteiger partial charge < -0.3 is 11.1 Å².